The topological polar surface area (TPSA) is 61.7 Å². The molecular weight excluding hydrogens is 238 g/mol. The summed E-state index contributed by atoms with van der Waals surface area (Å²) < 4.78 is 3.61. The van der Waals surface area contributed by atoms with Gasteiger partial charge in [0.2, 0.25) is 0 Å². The van der Waals surface area contributed by atoms with Crippen molar-refractivity contribution in [2.75, 3.05) is 0 Å². The molecule has 1 aromatic carbocycles. The highest BCUT2D eigenvalue weighted by atomic mass is 15.3. The molecule has 0 saturated heterocycles. The minimum Gasteiger partial charge on any atom is -0.326 e. The van der Waals surface area contributed by atoms with Crippen molar-refractivity contribution in [2.24, 2.45) is 12.8 Å². The van der Waals surface area contributed by atoms with Crippen LogP contribution < -0.4 is 5.73 Å². The Kier molecular flexibility index (Phi) is 2.89. The first-order valence-electron chi connectivity index (χ1n) is 6.11. The van der Waals surface area contributed by atoms with Gasteiger partial charge in [0.05, 0.1) is 17.6 Å². The summed E-state index contributed by atoms with van der Waals surface area (Å²) in [5.74, 6) is 0. The molecule has 0 atom stereocenters. The number of nitrogens with two attached hydrogens (primary N) is 1. The predicted molar refractivity (Wildman–Crippen MR) is 73.7 cm³/mol. The normalized spacial score (nSPS) is 10.8. The third-order valence-electron chi connectivity index (χ3n) is 3.00. The van der Waals surface area contributed by atoms with Crippen LogP contribution in [-0.2, 0) is 13.6 Å². The molecule has 2 N–H and O–H groups in total. The number of aromatic nitrogens is 4. The van der Waals surface area contributed by atoms with E-state index in [4.69, 9.17) is 5.73 Å². The molecule has 0 amide bonds. The van der Waals surface area contributed by atoms with Gasteiger partial charge in [-0.15, -0.1) is 0 Å². The summed E-state index contributed by atoms with van der Waals surface area (Å²) in [5, 5.41) is 8.82. The Balaban J connectivity index is 2.01. The Labute approximate surface area is 111 Å². The van der Waals surface area contributed by atoms with Crippen LogP contribution in [0.4, 0.5) is 0 Å². The maximum atomic E-state index is 5.74. The molecule has 0 radical (unpaired) electrons. The van der Waals surface area contributed by atoms with Crippen molar-refractivity contribution in [1.82, 2.24) is 19.6 Å². The highest BCUT2D eigenvalue weighted by Crippen LogP contribution is 2.22. The van der Waals surface area contributed by atoms with Crippen molar-refractivity contribution in [3.05, 3.63) is 54.5 Å². The van der Waals surface area contributed by atoms with E-state index < -0.39 is 0 Å². The number of aryl methyl sites for hydroxylation is 1. The first-order chi connectivity index (χ1) is 9.28. The van der Waals surface area contributed by atoms with Gasteiger partial charge in [-0.1, -0.05) is 18.2 Å². The number of nitrogens with zero attached hydrogens (tertiary/aromatic N) is 4. The van der Waals surface area contributed by atoms with Gasteiger partial charge in [-0.2, -0.15) is 10.2 Å². The zero-order valence-electron chi connectivity index (χ0n) is 10.7. The molecule has 19 heavy (non-hydrogen) atoms. The summed E-state index contributed by atoms with van der Waals surface area (Å²) in [5.41, 5.74) is 9.66. The van der Waals surface area contributed by atoms with Gasteiger partial charge in [0.25, 0.3) is 0 Å². The lowest BCUT2D eigenvalue weighted by atomic mass is 10.1. The van der Waals surface area contributed by atoms with Crippen molar-refractivity contribution < 1.29 is 0 Å². The molecule has 0 saturated carbocycles. The zero-order chi connectivity index (χ0) is 13.2. The van der Waals surface area contributed by atoms with Crippen LogP contribution in [0, 0.1) is 0 Å². The molecule has 5 heteroatoms. The molecule has 2 aromatic heterocycles. The highest BCUT2D eigenvalue weighted by molar-refractivity contribution is 5.61. The van der Waals surface area contributed by atoms with Crippen LogP contribution in [0.15, 0.2) is 48.9 Å². The van der Waals surface area contributed by atoms with Crippen LogP contribution in [0.1, 0.15) is 5.56 Å². The SMILES string of the molecule is Cn1cc(CN)c(-c2cnn(-c3ccccc3)c2)n1. The zero-order valence-corrected chi connectivity index (χ0v) is 10.7. The maximum absolute atomic E-state index is 5.74. The fraction of sp³-hybridized carbons (Fsp3) is 0.143. The average Bonchev–Trinajstić information content (AvgIpc) is 3.05. The largest absolute Gasteiger partial charge is 0.326 e. The van der Waals surface area contributed by atoms with Gasteiger partial charge in [0.15, 0.2) is 0 Å². The van der Waals surface area contributed by atoms with E-state index in [-0.39, 0.29) is 0 Å². The molecule has 0 aliphatic heterocycles. The molecule has 3 rings (SSSR count). The Hall–Kier alpha value is -2.40. The summed E-state index contributed by atoms with van der Waals surface area (Å²) in [6, 6.07) is 9.99. The predicted octanol–water partition coefficient (Wildman–Crippen LogP) is 1.73. The monoisotopic (exact) mass is 253 g/mol. The molecule has 2 heterocycles. The van der Waals surface area contributed by atoms with E-state index in [1.807, 2.05) is 60.7 Å². The van der Waals surface area contributed by atoms with Crippen LogP contribution in [0.5, 0.6) is 0 Å². The molecular formula is C14H15N5. The standard InChI is InChI=1S/C14H15N5/c1-18-9-11(7-15)14(17-18)12-8-16-19(10-12)13-5-3-2-4-6-13/h2-6,8-10H,7,15H2,1H3. The summed E-state index contributed by atoms with van der Waals surface area (Å²) in [7, 11) is 1.89. The van der Waals surface area contributed by atoms with Crippen molar-refractivity contribution in [3.8, 4) is 16.9 Å². The Morgan fingerprint density at radius 2 is 1.95 bits per heavy atom. The maximum Gasteiger partial charge on any atom is 0.0999 e. The Morgan fingerprint density at radius 3 is 2.68 bits per heavy atom. The van der Waals surface area contributed by atoms with Gasteiger partial charge in [0, 0.05) is 37.1 Å². The van der Waals surface area contributed by atoms with E-state index in [9.17, 15) is 0 Å². The fourth-order valence-corrected chi connectivity index (χ4v) is 2.10. The number of hydrogen-bond donors (Lipinski definition) is 1. The number of benzene rings is 1. The second-order valence-electron chi connectivity index (χ2n) is 4.39. The third-order valence-corrected chi connectivity index (χ3v) is 3.00. The first kappa shape index (κ1) is 11.7. The van der Waals surface area contributed by atoms with E-state index in [0.29, 0.717) is 6.54 Å². The number of para-hydroxylation sites is 1. The fourth-order valence-electron chi connectivity index (χ4n) is 2.10. The average molecular weight is 253 g/mol. The van der Waals surface area contributed by atoms with E-state index in [0.717, 1.165) is 22.5 Å². The van der Waals surface area contributed by atoms with Gasteiger partial charge in [0.1, 0.15) is 0 Å². The van der Waals surface area contributed by atoms with Gasteiger partial charge >= 0.3 is 0 Å². The molecule has 3 aromatic rings. The molecule has 0 aliphatic carbocycles. The second kappa shape index (κ2) is 4.70. The van der Waals surface area contributed by atoms with E-state index in [1.165, 1.54) is 0 Å². The highest BCUT2D eigenvalue weighted by Gasteiger charge is 2.11. The van der Waals surface area contributed by atoms with Gasteiger partial charge < -0.3 is 5.73 Å². The summed E-state index contributed by atoms with van der Waals surface area (Å²) in [6.45, 7) is 0.472. The van der Waals surface area contributed by atoms with E-state index in [2.05, 4.69) is 10.2 Å². The van der Waals surface area contributed by atoms with Crippen LogP contribution in [0.3, 0.4) is 0 Å². The van der Waals surface area contributed by atoms with Gasteiger partial charge in [-0.25, -0.2) is 4.68 Å². The van der Waals surface area contributed by atoms with E-state index >= 15 is 0 Å². The van der Waals surface area contributed by atoms with Crippen LogP contribution in [0.2, 0.25) is 0 Å². The Bertz CT molecular complexity index is 681. The lowest BCUT2D eigenvalue weighted by Crippen LogP contribution is -1.96. The van der Waals surface area contributed by atoms with Crippen molar-refractivity contribution in [1.29, 1.82) is 0 Å². The molecule has 0 fully saturated rings. The lowest BCUT2D eigenvalue weighted by molar-refractivity contribution is 0.769. The number of hydrogen-bond acceptors (Lipinski definition) is 3. The molecule has 0 spiro atoms. The first-order valence-corrected chi connectivity index (χ1v) is 6.11. The molecule has 96 valence electrons. The number of rotatable bonds is 3. The second-order valence-corrected chi connectivity index (χ2v) is 4.39. The van der Waals surface area contributed by atoms with Crippen LogP contribution >= 0.6 is 0 Å². The van der Waals surface area contributed by atoms with Crippen LogP contribution in [0.25, 0.3) is 16.9 Å². The Morgan fingerprint density at radius 1 is 1.16 bits per heavy atom. The smallest absolute Gasteiger partial charge is 0.0999 e. The van der Waals surface area contributed by atoms with Crippen molar-refractivity contribution in [2.45, 2.75) is 6.54 Å². The summed E-state index contributed by atoms with van der Waals surface area (Å²) >= 11 is 0. The quantitative estimate of drug-likeness (QED) is 0.773. The van der Waals surface area contributed by atoms with Gasteiger partial charge in [-0.3, -0.25) is 4.68 Å². The molecule has 0 unspecified atom stereocenters. The van der Waals surface area contributed by atoms with Crippen molar-refractivity contribution >= 4 is 0 Å². The molecule has 0 bridgehead atoms. The molecule has 5 nitrogen and oxygen atoms in total. The summed E-state index contributed by atoms with van der Waals surface area (Å²) in [6.07, 6.45) is 5.72. The van der Waals surface area contributed by atoms with Crippen LogP contribution in [-0.4, -0.2) is 19.6 Å². The van der Waals surface area contributed by atoms with E-state index in [1.54, 1.807) is 4.68 Å². The summed E-state index contributed by atoms with van der Waals surface area (Å²) in [4.78, 5) is 0. The lowest BCUT2D eigenvalue weighted by Gasteiger charge is -1.99. The van der Waals surface area contributed by atoms with Crippen molar-refractivity contribution in [3.63, 3.8) is 0 Å². The third kappa shape index (κ3) is 2.15. The minimum atomic E-state index is 0.472. The molecule has 0 aliphatic rings. The minimum absolute atomic E-state index is 0.472. The van der Waals surface area contributed by atoms with Gasteiger partial charge in [-0.05, 0) is 12.1 Å².